The van der Waals surface area contributed by atoms with Gasteiger partial charge in [-0.1, -0.05) is 24.3 Å². The van der Waals surface area contributed by atoms with Gasteiger partial charge in [0.25, 0.3) is 0 Å². The molecule has 0 spiro atoms. The molecule has 22 heavy (non-hydrogen) atoms. The summed E-state index contributed by atoms with van der Waals surface area (Å²) in [7, 11) is 0. The molecule has 2 heterocycles. The van der Waals surface area contributed by atoms with E-state index in [4.69, 9.17) is 17.3 Å². The fourth-order valence-corrected chi connectivity index (χ4v) is 2.87. The second kappa shape index (κ2) is 5.31. The second-order valence-electron chi connectivity index (χ2n) is 5.11. The van der Waals surface area contributed by atoms with Gasteiger partial charge in [0.05, 0.1) is 5.71 Å². The summed E-state index contributed by atoms with van der Waals surface area (Å²) in [6.45, 7) is 0. The Hall–Kier alpha value is -2.60. The molecule has 108 valence electrons. The van der Waals surface area contributed by atoms with E-state index in [0.717, 1.165) is 24.1 Å². The molecule has 6 heteroatoms. The first-order valence-electron chi connectivity index (χ1n) is 7.07. The molecule has 0 saturated heterocycles. The van der Waals surface area contributed by atoms with Crippen LogP contribution in [0.2, 0.25) is 0 Å². The third-order valence-corrected chi connectivity index (χ3v) is 4.01. The van der Waals surface area contributed by atoms with Crippen LogP contribution in [-0.2, 0) is 6.42 Å². The van der Waals surface area contributed by atoms with Gasteiger partial charge in [-0.3, -0.25) is 4.98 Å². The molecule has 1 aliphatic rings. The van der Waals surface area contributed by atoms with Gasteiger partial charge in [-0.2, -0.15) is 14.9 Å². The number of H-pyrrole nitrogens is 1. The summed E-state index contributed by atoms with van der Waals surface area (Å²) in [4.78, 5) is 4.13. The fraction of sp³-hybridized carbons (Fsp3) is 0.125. The number of nitrogens with zero attached hydrogens (tertiary/aromatic N) is 4. The van der Waals surface area contributed by atoms with E-state index in [1.807, 2.05) is 18.2 Å². The topological polar surface area (TPSA) is 58.9 Å². The lowest BCUT2D eigenvalue weighted by atomic mass is 10.1. The third kappa shape index (κ3) is 2.17. The molecule has 1 N–H and O–H groups in total. The Kier molecular flexibility index (Phi) is 3.16. The lowest BCUT2D eigenvalue weighted by Gasteiger charge is -2.03. The van der Waals surface area contributed by atoms with Gasteiger partial charge < -0.3 is 0 Å². The molecule has 4 rings (SSSR count). The molecule has 2 aromatic heterocycles. The molecule has 3 aromatic rings. The Morgan fingerprint density at radius 2 is 2.05 bits per heavy atom. The molecule has 0 saturated carbocycles. The summed E-state index contributed by atoms with van der Waals surface area (Å²) >= 11 is 5.32. The number of aromatic nitrogens is 4. The highest BCUT2D eigenvalue weighted by atomic mass is 32.1. The van der Waals surface area contributed by atoms with Crippen molar-refractivity contribution in [1.82, 2.24) is 19.9 Å². The average Bonchev–Trinajstić information content (AvgIpc) is 3.14. The predicted octanol–water partition coefficient (Wildman–Crippen LogP) is 3.20. The van der Waals surface area contributed by atoms with Crippen LogP contribution in [0.25, 0.3) is 11.4 Å². The van der Waals surface area contributed by atoms with Crippen molar-refractivity contribution in [2.24, 2.45) is 5.10 Å². The Balaban J connectivity index is 1.84. The van der Waals surface area contributed by atoms with Gasteiger partial charge in [0.1, 0.15) is 0 Å². The van der Waals surface area contributed by atoms with E-state index in [-0.39, 0.29) is 0 Å². The summed E-state index contributed by atoms with van der Waals surface area (Å²) in [5.41, 5.74) is 4.45. The Morgan fingerprint density at radius 1 is 1.14 bits per heavy atom. The fourth-order valence-electron chi connectivity index (χ4n) is 2.70. The average molecular weight is 307 g/mol. The monoisotopic (exact) mass is 307 g/mol. The van der Waals surface area contributed by atoms with E-state index >= 15 is 0 Å². The zero-order valence-electron chi connectivity index (χ0n) is 11.7. The first-order valence-corrected chi connectivity index (χ1v) is 7.48. The van der Waals surface area contributed by atoms with Crippen LogP contribution in [0.5, 0.6) is 0 Å². The Labute approximate surface area is 132 Å². The Morgan fingerprint density at radius 3 is 2.91 bits per heavy atom. The third-order valence-electron chi connectivity index (χ3n) is 3.75. The predicted molar refractivity (Wildman–Crippen MR) is 87.3 cm³/mol. The molecule has 0 radical (unpaired) electrons. The Bertz CT molecular complexity index is 908. The molecule has 0 unspecified atom stereocenters. The summed E-state index contributed by atoms with van der Waals surface area (Å²) < 4.78 is 2.17. The van der Waals surface area contributed by atoms with Crippen molar-refractivity contribution >= 4 is 17.9 Å². The summed E-state index contributed by atoms with van der Waals surface area (Å²) in [5.74, 6) is 0.676. The summed E-state index contributed by atoms with van der Waals surface area (Å²) in [6.07, 6.45) is 5.42. The number of rotatable bonds is 2. The van der Waals surface area contributed by atoms with Gasteiger partial charge in [-0.15, -0.1) is 0 Å². The molecule has 1 aliphatic carbocycles. The molecule has 0 amide bonds. The minimum atomic E-state index is 0.482. The zero-order valence-corrected chi connectivity index (χ0v) is 12.5. The first-order chi connectivity index (χ1) is 10.8. The van der Waals surface area contributed by atoms with Crippen LogP contribution in [0, 0.1) is 4.77 Å². The minimum Gasteiger partial charge on any atom is -0.264 e. The van der Waals surface area contributed by atoms with Crippen molar-refractivity contribution in [3.05, 3.63) is 64.7 Å². The number of pyridine rings is 1. The maximum absolute atomic E-state index is 5.32. The van der Waals surface area contributed by atoms with Crippen LogP contribution in [0.4, 0.5) is 0 Å². The van der Waals surface area contributed by atoms with E-state index in [0.29, 0.717) is 10.6 Å². The van der Waals surface area contributed by atoms with E-state index in [9.17, 15) is 0 Å². The summed E-state index contributed by atoms with van der Waals surface area (Å²) in [6, 6.07) is 12.2. The van der Waals surface area contributed by atoms with Crippen LogP contribution >= 0.6 is 12.2 Å². The van der Waals surface area contributed by atoms with Gasteiger partial charge in [-0.05, 0) is 42.8 Å². The van der Waals surface area contributed by atoms with Gasteiger partial charge in [0.15, 0.2) is 5.82 Å². The van der Waals surface area contributed by atoms with Gasteiger partial charge in [0.2, 0.25) is 4.77 Å². The molecule has 0 aliphatic heterocycles. The molecule has 0 fully saturated rings. The van der Waals surface area contributed by atoms with Crippen LogP contribution < -0.4 is 0 Å². The number of hydrogen-bond donors (Lipinski definition) is 1. The number of nitrogens with one attached hydrogen (secondary N) is 1. The highest BCUT2D eigenvalue weighted by Crippen LogP contribution is 2.23. The first kappa shape index (κ1) is 13.1. The number of fused-ring (bicyclic) bond motifs is 1. The quantitative estimate of drug-likeness (QED) is 0.740. The van der Waals surface area contributed by atoms with Crippen LogP contribution in [0.3, 0.4) is 0 Å². The largest absolute Gasteiger partial charge is 0.264 e. The van der Waals surface area contributed by atoms with Gasteiger partial charge >= 0.3 is 0 Å². The maximum atomic E-state index is 5.32. The molecular formula is C16H13N5S. The number of hydrogen-bond acceptors (Lipinski definition) is 4. The highest BCUT2D eigenvalue weighted by Gasteiger charge is 2.18. The smallest absolute Gasteiger partial charge is 0.216 e. The number of aryl methyl sites for hydroxylation is 1. The van der Waals surface area contributed by atoms with Crippen LogP contribution in [-0.4, -0.2) is 25.6 Å². The normalized spacial score (nSPS) is 15.2. The van der Waals surface area contributed by atoms with Gasteiger partial charge in [-0.25, -0.2) is 5.10 Å². The summed E-state index contributed by atoms with van der Waals surface area (Å²) in [5, 5.41) is 11.8. The maximum Gasteiger partial charge on any atom is 0.216 e. The van der Waals surface area contributed by atoms with Crippen molar-refractivity contribution in [2.75, 3.05) is 0 Å². The van der Waals surface area contributed by atoms with Crippen molar-refractivity contribution < 1.29 is 0 Å². The van der Waals surface area contributed by atoms with Crippen molar-refractivity contribution in [2.45, 2.75) is 12.8 Å². The van der Waals surface area contributed by atoms with Crippen LogP contribution in [0.1, 0.15) is 17.5 Å². The number of aromatic amines is 1. The van der Waals surface area contributed by atoms with Crippen LogP contribution in [0.15, 0.2) is 53.9 Å². The van der Waals surface area contributed by atoms with Crippen molar-refractivity contribution in [3.63, 3.8) is 0 Å². The zero-order chi connectivity index (χ0) is 14.9. The van der Waals surface area contributed by atoms with E-state index < -0.39 is 0 Å². The van der Waals surface area contributed by atoms with E-state index in [1.54, 1.807) is 17.1 Å². The lowest BCUT2D eigenvalue weighted by Crippen LogP contribution is -2.02. The molecule has 0 atom stereocenters. The lowest BCUT2D eigenvalue weighted by molar-refractivity contribution is 0.858. The standard InChI is InChI=1S/C16H13N5S/c22-16-19-18-15(12-5-3-9-17-10-12)21(16)20-14-8-7-11-4-1-2-6-13(11)14/h1-6,9-10H,7-8H2,(H,19,22)/b20-14+. The van der Waals surface area contributed by atoms with E-state index in [2.05, 4.69) is 33.4 Å². The van der Waals surface area contributed by atoms with Crippen molar-refractivity contribution in [3.8, 4) is 11.4 Å². The minimum absolute atomic E-state index is 0.482. The van der Waals surface area contributed by atoms with E-state index in [1.165, 1.54) is 11.1 Å². The number of benzene rings is 1. The SMILES string of the molecule is S=c1[nH]nc(-c2cccnc2)n1/N=C1\CCc2ccccc21. The second-order valence-corrected chi connectivity index (χ2v) is 5.50. The van der Waals surface area contributed by atoms with Crippen molar-refractivity contribution in [1.29, 1.82) is 0 Å². The molecular weight excluding hydrogens is 294 g/mol. The highest BCUT2D eigenvalue weighted by molar-refractivity contribution is 7.71. The van der Waals surface area contributed by atoms with Gasteiger partial charge in [0, 0.05) is 23.5 Å². The molecule has 5 nitrogen and oxygen atoms in total. The molecule has 1 aromatic carbocycles. The molecule has 0 bridgehead atoms.